The second kappa shape index (κ2) is 6.41. The zero-order valence-electron chi connectivity index (χ0n) is 11.6. The van der Waals surface area contributed by atoms with Crippen molar-refractivity contribution < 1.29 is 14.7 Å². The maximum Gasteiger partial charge on any atom is 0.336 e. The van der Waals surface area contributed by atoms with Crippen molar-refractivity contribution in [2.24, 2.45) is 5.92 Å². The Bertz CT molecular complexity index is 510. The number of hydrogen-bond acceptors (Lipinski definition) is 2. The average Bonchev–Trinajstić information content (AvgIpc) is 2.34. The van der Waals surface area contributed by atoms with Gasteiger partial charge in [0.25, 0.3) is 0 Å². The molecule has 0 radical (unpaired) electrons. The maximum atomic E-state index is 11.7. The van der Waals surface area contributed by atoms with E-state index < -0.39 is 5.97 Å². The van der Waals surface area contributed by atoms with E-state index in [4.69, 9.17) is 5.11 Å². The Morgan fingerprint density at radius 2 is 2.10 bits per heavy atom. The topological polar surface area (TPSA) is 78.4 Å². The van der Waals surface area contributed by atoms with E-state index in [0.29, 0.717) is 17.8 Å². The average molecular weight is 276 g/mol. The summed E-state index contributed by atoms with van der Waals surface area (Å²) in [5.41, 5.74) is 1.37. The molecule has 108 valence electrons. The molecule has 0 aliphatic heterocycles. The number of nitrogens with one attached hydrogen (secondary N) is 2. The minimum Gasteiger partial charge on any atom is -0.478 e. The third kappa shape index (κ3) is 3.73. The van der Waals surface area contributed by atoms with E-state index in [-0.39, 0.29) is 11.6 Å². The molecule has 1 saturated carbocycles. The molecule has 2 rings (SSSR count). The third-order valence-electron chi connectivity index (χ3n) is 3.79. The van der Waals surface area contributed by atoms with Crippen LogP contribution in [0.3, 0.4) is 0 Å². The Balaban J connectivity index is 1.83. The summed E-state index contributed by atoms with van der Waals surface area (Å²) >= 11 is 0. The van der Waals surface area contributed by atoms with Gasteiger partial charge in [0.2, 0.25) is 0 Å². The highest BCUT2D eigenvalue weighted by molar-refractivity contribution is 5.94. The van der Waals surface area contributed by atoms with Gasteiger partial charge in [-0.2, -0.15) is 0 Å². The molecule has 1 aliphatic carbocycles. The molecule has 1 aromatic carbocycles. The van der Waals surface area contributed by atoms with Crippen molar-refractivity contribution in [3.8, 4) is 0 Å². The summed E-state index contributed by atoms with van der Waals surface area (Å²) < 4.78 is 0. The van der Waals surface area contributed by atoms with Crippen molar-refractivity contribution in [2.45, 2.75) is 32.6 Å². The van der Waals surface area contributed by atoms with Gasteiger partial charge in [-0.3, -0.25) is 0 Å². The van der Waals surface area contributed by atoms with E-state index in [1.165, 1.54) is 25.3 Å². The minimum atomic E-state index is -0.989. The van der Waals surface area contributed by atoms with Crippen LogP contribution in [-0.4, -0.2) is 23.7 Å². The first-order valence-electron chi connectivity index (χ1n) is 6.95. The Labute approximate surface area is 118 Å². The number of anilines is 1. The number of rotatable bonds is 5. The smallest absolute Gasteiger partial charge is 0.336 e. The molecular weight excluding hydrogens is 256 g/mol. The van der Waals surface area contributed by atoms with Gasteiger partial charge < -0.3 is 15.7 Å². The fourth-order valence-corrected chi connectivity index (χ4v) is 2.28. The van der Waals surface area contributed by atoms with Gasteiger partial charge >= 0.3 is 12.0 Å². The number of amides is 2. The minimum absolute atomic E-state index is 0.206. The van der Waals surface area contributed by atoms with Crippen LogP contribution in [0, 0.1) is 12.8 Å². The number of benzene rings is 1. The van der Waals surface area contributed by atoms with Crippen LogP contribution in [0.5, 0.6) is 0 Å². The molecule has 0 spiro atoms. The highest BCUT2D eigenvalue weighted by atomic mass is 16.4. The van der Waals surface area contributed by atoms with Crippen molar-refractivity contribution in [3.63, 3.8) is 0 Å². The lowest BCUT2D eigenvalue weighted by Crippen LogP contribution is -2.31. The summed E-state index contributed by atoms with van der Waals surface area (Å²) in [6.07, 6.45) is 4.85. The van der Waals surface area contributed by atoms with E-state index in [9.17, 15) is 9.59 Å². The number of hydrogen-bond donors (Lipinski definition) is 3. The Morgan fingerprint density at radius 1 is 1.35 bits per heavy atom. The van der Waals surface area contributed by atoms with Crippen LogP contribution in [-0.2, 0) is 0 Å². The molecular formula is C15H20N2O3. The lowest BCUT2D eigenvalue weighted by atomic mass is 9.83. The number of carboxylic acid groups (broad SMARTS) is 1. The number of aromatic carboxylic acids is 1. The normalized spacial score (nSPS) is 14.4. The Kier molecular flexibility index (Phi) is 4.61. The van der Waals surface area contributed by atoms with Crippen LogP contribution in [0.15, 0.2) is 18.2 Å². The Hall–Kier alpha value is -2.04. The second-order valence-electron chi connectivity index (χ2n) is 5.30. The van der Waals surface area contributed by atoms with Crippen molar-refractivity contribution in [1.29, 1.82) is 0 Å². The number of carbonyl (C=O) groups excluding carboxylic acids is 1. The van der Waals surface area contributed by atoms with Crippen molar-refractivity contribution >= 4 is 17.7 Å². The molecule has 0 heterocycles. The van der Waals surface area contributed by atoms with Gasteiger partial charge in [0.1, 0.15) is 0 Å². The molecule has 0 saturated heterocycles. The molecule has 1 aliphatic rings. The number of urea groups is 1. The standard InChI is InChI=1S/C15H20N2O3/c1-10-5-6-12(9-13(10)14(18)19)17-15(20)16-8-7-11-3-2-4-11/h5-6,9,11H,2-4,7-8H2,1H3,(H,18,19)(H2,16,17,20). The summed E-state index contributed by atoms with van der Waals surface area (Å²) in [5.74, 6) is -0.232. The molecule has 3 N–H and O–H groups in total. The first-order chi connectivity index (χ1) is 9.56. The van der Waals surface area contributed by atoms with Crippen molar-refractivity contribution in [2.75, 3.05) is 11.9 Å². The molecule has 1 fully saturated rings. The van der Waals surface area contributed by atoms with Gasteiger partial charge in [-0.05, 0) is 37.0 Å². The molecule has 0 bridgehead atoms. The highest BCUT2D eigenvalue weighted by Crippen LogP contribution is 2.28. The lowest BCUT2D eigenvalue weighted by Gasteiger charge is -2.25. The van der Waals surface area contributed by atoms with Crippen LogP contribution in [0.4, 0.5) is 10.5 Å². The fourth-order valence-electron chi connectivity index (χ4n) is 2.28. The highest BCUT2D eigenvalue weighted by Gasteiger charge is 2.17. The Morgan fingerprint density at radius 3 is 2.70 bits per heavy atom. The van der Waals surface area contributed by atoms with Crippen LogP contribution >= 0.6 is 0 Å². The van der Waals surface area contributed by atoms with E-state index in [2.05, 4.69) is 10.6 Å². The molecule has 2 amide bonds. The summed E-state index contributed by atoms with van der Waals surface area (Å²) in [4.78, 5) is 22.7. The van der Waals surface area contributed by atoms with Gasteiger partial charge in [-0.25, -0.2) is 9.59 Å². The molecule has 0 atom stereocenters. The van der Waals surface area contributed by atoms with Gasteiger partial charge in [-0.15, -0.1) is 0 Å². The number of carbonyl (C=O) groups is 2. The molecule has 5 nitrogen and oxygen atoms in total. The maximum absolute atomic E-state index is 11.7. The van der Waals surface area contributed by atoms with Crippen LogP contribution < -0.4 is 10.6 Å². The second-order valence-corrected chi connectivity index (χ2v) is 5.30. The van der Waals surface area contributed by atoms with Gasteiger partial charge in [-0.1, -0.05) is 25.3 Å². The number of carboxylic acids is 1. The van der Waals surface area contributed by atoms with Gasteiger partial charge in [0.15, 0.2) is 0 Å². The van der Waals surface area contributed by atoms with E-state index in [0.717, 1.165) is 12.3 Å². The fraction of sp³-hybridized carbons (Fsp3) is 0.467. The van der Waals surface area contributed by atoms with Crippen molar-refractivity contribution in [1.82, 2.24) is 5.32 Å². The largest absolute Gasteiger partial charge is 0.478 e. The SMILES string of the molecule is Cc1ccc(NC(=O)NCCC2CCC2)cc1C(=O)O. The molecule has 1 aromatic rings. The third-order valence-corrected chi connectivity index (χ3v) is 3.79. The lowest BCUT2D eigenvalue weighted by molar-refractivity contribution is 0.0696. The summed E-state index contributed by atoms with van der Waals surface area (Å²) in [7, 11) is 0. The van der Waals surface area contributed by atoms with E-state index in [1.807, 2.05) is 0 Å². The predicted molar refractivity (Wildman–Crippen MR) is 77.1 cm³/mol. The summed E-state index contributed by atoms with van der Waals surface area (Å²) in [5, 5.41) is 14.5. The predicted octanol–water partition coefficient (Wildman–Crippen LogP) is 3.00. The zero-order valence-corrected chi connectivity index (χ0v) is 11.6. The first-order valence-corrected chi connectivity index (χ1v) is 6.95. The van der Waals surface area contributed by atoms with Gasteiger partial charge in [0, 0.05) is 12.2 Å². The number of aryl methyl sites for hydroxylation is 1. The molecule has 0 unspecified atom stereocenters. The molecule has 0 aromatic heterocycles. The summed E-state index contributed by atoms with van der Waals surface area (Å²) in [6, 6.07) is 4.58. The van der Waals surface area contributed by atoms with E-state index >= 15 is 0 Å². The summed E-state index contributed by atoms with van der Waals surface area (Å²) in [6.45, 7) is 2.39. The first kappa shape index (κ1) is 14.4. The molecule has 5 heteroatoms. The quantitative estimate of drug-likeness (QED) is 0.773. The zero-order chi connectivity index (χ0) is 14.5. The van der Waals surface area contributed by atoms with Crippen LogP contribution in [0.25, 0.3) is 0 Å². The molecule has 20 heavy (non-hydrogen) atoms. The monoisotopic (exact) mass is 276 g/mol. The van der Waals surface area contributed by atoms with E-state index in [1.54, 1.807) is 19.1 Å². The van der Waals surface area contributed by atoms with Crippen LogP contribution in [0.2, 0.25) is 0 Å². The van der Waals surface area contributed by atoms with Gasteiger partial charge in [0.05, 0.1) is 5.56 Å². The van der Waals surface area contributed by atoms with Crippen LogP contribution in [0.1, 0.15) is 41.6 Å². The van der Waals surface area contributed by atoms with Crippen molar-refractivity contribution in [3.05, 3.63) is 29.3 Å².